The molecule has 0 aliphatic carbocycles. The van der Waals surface area contributed by atoms with Crippen LogP contribution in [0.3, 0.4) is 0 Å². The Balaban J connectivity index is 1.73. The topological polar surface area (TPSA) is 95.8 Å². The van der Waals surface area contributed by atoms with Crippen LogP contribution in [0.2, 0.25) is 0 Å². The van der Waals surface area contributed by atoms with E-state index in [-0.39, 0.29) is 12.0 Å². The number of aromatic amines is 1. The van der Waals surface area contributed by atoms with E-state index in [0.29, 0.717) is 42.8 Å². The maximum Gasteiger partial charge on any atom is 0.417 e. The molecule has 1 aromatic carbocycles. The van der Waals surface area contributed by atoms with Crippen molar-refractivity contribution in [3.8, 4) is 0 Å². The average molecular weight is 305 g/mol. The molecule has 0 radical (unpaired) electrons. The average Bonchev–Trinajstić information content (AvgIpc) is 2.92. The van der Waals surface area contributed by atoms with Gasteiger partial charge in [-0.3, -0.25) is 9.78 Å². The van der Waals surface area contributed by atoms with E-state index in [1.165, 1.54) is 7.11 Å². The van der Waals surface area contributed by atoms with Gasteiger partial charge in [0.15, 0.2) is 5.58 Å². The van der Waals surface area contributed by atoms with Gasteiger partial charge < -0.3 is 19.0 Å². The molecule has 1 aliphatic rings. The summed E-state index contributed by atoms with van der Waals surface area (Å²) < 4.78 is 9.57. The van der Waals surface area contributed by atoms with Gasteiger partial charge in [0, 0.05) is 31.7 Å². The summed E-state index contributed by atoms with van der Waals surface area (Å²) in [5.74, 6) is -0.695. The number of benzene rings is 1. The summed E-state index contributed by atoms with van der Waals surface area (Å²) in [5, 5.41) is 0. The number of fused-ring (bicyclic) bond motifs is 1. The van der Waals surface area contributed by atoms with Gasteiger partial charge in [-0.15, -0.1) is 0 Å². The molecule has 1 N–H and O–H groups in total. The fourth-order valence-corrected chi connectivity index (χ4v) is 2.49. The van der Waals surface area contributed by atoms with Crippen molar-refractivity contribution in [3.63, 3.8) is 0 Å². The highest BCUT2D eigenvalue weighted by atomic mass is 16.5. The Labute approximate surface area is 125 Å². The van der Waals surface area contributed by atoms with Gasteiger partial charge >= 0.3 is 11.8 Å². The first-order chi connectivity index (χ1) is 10.6. The number of aromatic nitrogens is 1. The number of carbonyl (C=O) groups excluding carboxylic acids is 2. The van der Waals surface area contributed by atoms with Crippen molar-refractivity contribution in [3.05, 3.63) is 34.3 Å². The lowest BCUT2D eigenvalue weighted by Crippen LogP contribution is -2.50. The molecule has 2 heterocycles. The number of ether oxygens (including phenoxy) is 1. The van der Waals surface area contributed by atoms with Crippen molar-refractivity contribution in [1.82, 2.24) is 14.8 Å². The van der Waals surface area contributed by atoms with E-state index in [4.69, 9.17) is 4.42 Å². The maximum atomic E-state index is 12.5. The Kier molecular flexibility index (Phi) is 3.58. The van der Waals surface area contributed by atoms with Crippen LogP contribution >= 0.6 is 0 Å². The van der Waals surface area contributed by atoms with Crippen LogP contribution in [0.1, 0.15) is 10.4 Å². The van der Waals surface area contributed by atoms with Gasteiger partial charge in [0.25, 0.3) is 5.91 Å². The number of piperazine rings is 1. The molecular formula is C14H15N3O5. The van der Waals surface area contributed by atoms with Crippen molar-refractivity contribution in [1.29, 1.82) is 0 Å². The van der Waals surface area contributed by atoms with E-state index in [0.717, 1.165) is 0 Å². The molecule has 1 fully saturated rings. The predicted octanol–water partition coefficient (Wildman–Crippen LogP) is 0.645. The first-order valence-corrected chi connectivity index (χ1v) is 6.83. The summed E-state index contributed by atoms with van der Waals surface area (Å²) in [5.41, 5.74) is 1.37. The van der Waals surface area contributed by atoms with Crippen LogP contribution in [0.15, 0.2) is 27.4 Å². The predicted molar refractivity (Wildman–Crippen MR) is 76.7 cm³/mol. The summed E-state index contributed by atoms with van der Waals surface area (Å²) in [4.78, 5) is 40.8. The minimum atomic E-state index is -0.550. The molecule has 2 amide bonds. The number of hydrogen-bond acceptors (Lipinski definition) is 5. The maximum absolute atomic E-state index is 12.5. The van der Waals surface area contributed by atoms with E-state index in [2.05, 4.69) is 9.72 Å². The number of nitrogens with one attached hydrogen (secondary N) is 1. The van der Waals surface area contributed by atoms with Gasteiger partial charge in [0.1, 0.15) is 0 Å². The lowest BCUT2D eigenvalue weighted by atomic mass is 10.1. The Bertz CT molecular complexity index is 770. The normalized spacial score (nSPS) is 15.1. The molecule has 8 nitrogen and oxygen atoms in total. The van der Waals surface area contributed by atoms with Crippen LogP contribution < -0.4 is 5.76 Å². The first-order valence-electron chi connectivity index (χ1n) is 6.83. The van der Waals surface area contributed by atoms with Crippen molar-refractivity contribution in [2.45, 2.75) is 0 Å². The van der Waals surface area contributed by atoms with Crippen molar-refractivity contribution >= 4 is 23.1 Å². The van der Waals surface area contributed by atoms with E-state index >= 15 is 0 Å². The van der Waals surface area contributed by atoms with Gasteiger partial charge in [-0.2, -0.15) is 0 Å². The summed E-state index contributed by atoms with van der Waals surface area (Å²) in [6.45, 7) is 1.74. The molecule has 1 aliphatic heterocycles. The summed E-state index contributed by atoms with van der Waals surface area (Å²) in [6.07, 6.45) is -0.385. The number of methoxy groups -OCH3 is 1. The molecule has 0 spiro atoms. The van der Waals surface area contributed by atoms with Gasteiger partial charge in [-0.1, -0.05) is 0 Å². The van der Waals surface area contributed by atoms with E-state index in [1.54, 1.807) is 28.0 Å². The number of hydrogen-bond donors (Lipinski definition) is 1. The SMILES string of the molecule is COC(=O)N1CCN(C(=O)c2ccc3oc(=O)[nH]c3c2)CC1. The Morgan fingerprint density at radius 2 is 1.86 bits per heavy atom. The molecule has 0 unspecified atom stereocenters. The standard InChI is InChI=1S/C14H15N3O5/c1-21-14(20)17-6-4-16(5-7-17)12(18)9-2-3-11-10(8-9)15-13(19)22-11/h2-3,8H,4-7H2,1H3,(H,15,19). The molecule has 0 atom stereocenters. The summed E-state index contributed by atoms with van der Waals surface area (Å²) in [6, 6.07) is 4.80. The summed E-state index contributed by atoms with van der Waals surface area (Å²) >= 11 is 0. The molecule has 116 valence electrons. The number of nitrogens with zero attached hydrogens (tertiary/aromatic N) is 2. The lowest BCUT2D eigenvalue weighted by molar-refractivity contribution is 0.0600. The van der Waals surface area contributed by atoms with Crippen molar-refractivity contribution in [2.24, 2.45) is 0 Å². The zero-order chi connectivity index (χ0) is 15.7. The van der Waals surface area contributed by atoms with Crippen LogP contribution in [0.25, 0.3) is 11.1 Å². The third kappa shape index (κ3) is 2.54. The number of rotatable bonds is 1. The molecule has 22 heavy (non-hydrogen) atoms. The van der Waals surface area contributed by atoms with Crippen LogP contribution in [0, 0.1) is 0 Å². The zero-order valence-corrected chi connectivity index (χ0v) is 12.0. The third-order valence-corrected chi connectivity index (χ3v) is 3.67. The molecule has 0 saturated carbocycles. The van der Waals surface area contributed by atoms with Gasteiger partial charge in [-0.05, 0) is 18.2 Å². The van der Waals surface area contributed by atoms with E-state index < -0.39 is 5.76 Å². The number of carbonyl (C=O) groups is 2. The highest BCUT2D eigenvalue weighted by Crippen LogP contribution is 2.15. The molecule has 3 rings (SSSR count). The Hall–Kier alpha value is -2.77. The van der Waals surface area contributed by atoms with Crippen LogP contribution in [-0.4, -0.2) is 60.1 Å². The van der Waals surface area contributed by atoms with Crippen LogP contribution in [0.5, 0.6) is 0 Å². The largest absolute Gasteiger partial charge is 0.453 e. The van der Waals surface area contributed by atoms with Crippen molar-refractivity contribution < 1.29 is 18.7 Å². The fourth-order valence-electron chi connectivity index (χ4n) is 2.49. The lowest BCUT2D eigenvalue weighted by Gasteiger charge is -2.33. The molecule has 2 aromatic rings. The zero-order valence-electron chi connectivity index (χ0n) is 12.0. The first kappa shape index (κ1) is 14.2. The van der Waals surface area contributed by atoms with Crippen LogP contribution in [0.4, 0.5) is 4.79 Å². The van der Waals surface area contributed by atoms with Gasteiger partial charge in [-0.25, -0.2) is 9.59 Å². The molecule has 0 bridgehead atoms. The summed E-state index contributed by atoms with van der Waals surface area (Å²) in [7, 11) is 1.33. The Morgan fingerprint density at radius 1 is 1.18 bits per heavy atom. The fraction of sp³-hybridized carbons (Fsp3) is 0.357. The second-order valence-corrected chi connectivity index (χ2v) is 4.97. The number of oxazole rings is 1. The minimum absolute atomic E-state index is 0.145. The monoisotopic (exact) mass is 305 g/mol. The third-order valence-electron chi connectivity index (χ3n) is 3.67. The highest BCUT2D eigenvalue weighted by Gasteiger charge is 2.25. The van der Waals surface area contributed by atoms with Gasteiger partial charge in [0.2, 0.25) is 0 Å². The quantitative estimate of drug-likeness (QED) is 0.834. The van der Waals surface area contributed by atoms with Gasteiger partial charge in [0.05, 0.1) is 12.6 Å². The molecule has 1 aromatic heterocycles. The van der Waals surface area contributed by atoms with Crippen LogP contribution in [-0.2, 0) is 4.74 Å². The minimum Gasteiger partial charge on any atom is -0.453 e. The second-order valence-electron chi connectivity index (χ2n) is 4.97. The van der Waals surface area contributed by atoms with E-state index in [9.17, 15) is 14.4 Å². The second kappa shape index (κ2) is 5.55. The molecular weight excluding hydrogens is 290 g/mol. The highest BCUT2D eigenvalue weighted by molar-refractivity contribution is 5.97. The molecule has 1 saturated heterocycles. The molecule has 8 heteroatoms. The van der Waals surface area contributed by atoms with Crippen molar-refractivity contribution in [2.75, 3.05) is 33.3 Å². The van der Waals surface area contributed by atoms with E-state index in [1.807, 2.05) is 0 Å². The smallest absolute Gasteiger partial charge is 0.417 e. The number of H-pyrrole nitrogens is 1. The Morgan fingerprint density at radius 3 is 2.55 bits per heavy atom. The number of amides is 2.